The lowest BCUT2D eigenvalue weighted by atomic mass is 10.3. The summed E-state index contributed by atoms with van der Waals surface area (Å²) in [5.74, 6) is -0.842. The average molecular weight is 474 g/mol. The molecular formula is C17H19N3O5S4. The molecule has 12 heteroatoms. The number of nitrogens with zero attached hydrogens (tertiary/aromatic N) is 2. The van der Waals surface area contributed by atoms with Gasteiger partial charge in [0.2, 0.25) is 15.8 Å². The number of carbonyl (C=O) groups is 2. The molecule has 3 aromatic heterocycles. The standard InChI is InChI=1S/C17H19N3O5S4/c1-20(2)17-19-15-13(28-17)8-14(27-15)16(22)25-9-11(21)12-5-4-10(26-12)6-7-18-29(3,23)24/h4-5,8,18H,6-7,9H2,1-3H3. The van der Waals surface area contributed by atoms with Gasteiger partial charge in [0.1, 0.15) is 9.71 Å². The molecule has 0 fully saturated rings. The van der Waals surface area contributed by atoms with E-state index in [1.807, 2.05) is 19.0 Å². The zero-order valence-electron chi connectivity index (χ0n) is 15.9. The van der Waals surface area contributed by atoms with Gasteiger partial charge < -0.3 is 9.64 Å². The molecule has 3 heterocycles. The summed E-state index contributed by atoms with van der Waals surface area (Å²) in [6.45, 7) is -0.0800. The van der Waals surface area contributed by atoms with Gasteiger partial charge in [-0.05, 0) is 24.6 Å². The predicted molar refractivity (Wildman–Crippen MR) is 117 cm³/mol. The van der Waals surface area contributed by atoms with E-state index in [1.54, 1.807) is 18.2 Å². The highest BCUT2D eigenvalue weighted by Gasteiger charge is 2.18. The number of hydrogen-bond acceptors (Lipinski definition) is 10. The van der Waals surface area contributed by atoms with E-state index in [1.165, 1.54) is 34.0 Å². The number of fused-ring (bicyclic) bond motifs is 1. The summed E-state index contributed by atoms with van der Waals surface area (Å²) in [7, 11) is 0.573. The topological polar surface area (TPSA) is 106 Å². The van der Waals surface area contributed by atoms with Crippen molar-refractivity contribution in [1.29, 1.82) is 0 Å². The Labute approximate surface area is 180 Å². The lowest BCUT2D eigenvalue weighted by Gasteiger charge is -2.05. The SMILES string of the molecule is CN(C)c1nc2sc(C(=O)OCC(=O)c3ccc(CCNS(C)(=O)=O)s3)cc2s1. The van der Waals surface area contributed by atoms with Crippen LogP contribution in [-0.2, 0) is 21.2 Å². The number of sulfonamides is 1. The maximum absolute atomic E-state index is 12.3. The lowest BCUT2D eigenvalue weighted by Crippen LogP contribution is -2.24. The monoisotopic (exact) mass is 473 g/mol. The molecule has 0 saturated heterocycles. The molecule has 0 amide bonds. The summed E-state index contributed by atoms with van der Waals surface area (Å²) in [6.07, 6.45) is 1.58. The first-order valence-electron chi connectivity index (χ1n) is 8.44. The molecule has 0 saturated carbocycles. The fourth-order valence-corrected chi connectivity index (χ4v) is 5.74. The number of Topliss-reactive ketones (excluding diaryl/α,β-unsaturated/α-hetero) is 1. The fraction of sp³-hybridized carbons (Fsp3) is 0.353. The first-order chi connectivity index (χ1) is 13.6. The summed E-state index contributed by atoms with van der Waals surface area (Å²) in [5.41, 5.74) is 0. The first-order valence-corrected chi connectivity index (χ1v) is 12.8. The van der Waals surface area contributed by atoms with Crippen molar-refractivity contribution in [3.63, 3.8) is 0 Å². The molecule has 1 N–H and O–H groups in total. The molecule has 156 valence electrons. The molecule has 0 spiro atoms. The van der Waals surface area contributed by atoms with E-state index in [0.717, 1.165) is 25.8 Å². The van der Waals surface area contributed by atoms with Crippen LogP contribution < -0.4 is 9.62 Å². The van der Waals surface area contributed by atoms with Crippen molar-refractivity contribution in [2.45, 2.75) is 6.42 Å². The molecule has 0 aliphatic rings. The Morgan fingerprint density at radius 3 is 2.59 bits per heavy atom. The number of carbonyl (C=O) groups excluding carboxylic acids is 2. The molecule has 0 aromatic carbocycles. The Morgan fingerprint density at radius 1 is 1.17 bits per heavy atom. The number of esters is 1. The van der Waals surface area contributed by atoms with Gasteiger partial charge in [-0.25, -0.2) is 22.9 Å². The van der Waals surface area contributed by atoms with Crippen molar-refractivity contribution in [1.82, 2.24) is 9.71 Å². The number of nitrogens with one attached hydrogen (secondary N) is 1. The van der Waals surface area contributed by atoms with E-state index in [-0.39, 0.29) is 18.9 Å². The molecule has 8 nitrogen and oxygen atoms in total. The summed E-state index contributed by atoms with van der Waals surface area (Å²) in [4.78, 5) is 33.4. The molecule has 0 bridgehead atoms. The Bertz CT molecular complexity index is 1110. The zero-order chi connectivity index (χ0) is 21.2. The Hall–Kier alpha value is -1.86. The molecule has 0 aliphatic heterocycles. The molecule has 3 aromatic rings. The maximum atomic E-state index is 12.3. The highest BCUT2D eigenvalue weighted by molar-refractivity contribution is 7.88. The number of rotatable bonds is 9. The van der Waals surface area contributed by atoms with Crippen LogP contribution in [0.25, 0.3) is 9.53 Å². The summed E-state index contributed by atoms with van der Waals surface area (Å²) in [5, 5.41) is 0.863. The van der Waals surface area contributed by atoms with Crippen molar-refractivity contribution in [3.05, 3.63) is 32.8 Å². The number of thiazole rings is 1. The van der Waals surface area contributed by atoms with E-state index in [4.69, 9.17) is 4.74 Å². The van der Waals surface area contributed by atoms with E-state index >= 15 is 0 Å². The number of ketones is 1. The van der Waals surface area contributed by atoms with Crippen LogP contribution >= 0.6 is 34.0 Å². The summed E-state index contributed by atoms with van der Waals surface area (Å²) < 4.78 is 30.6. The van der Waals surface area contributed by atoms with E-state index in [0.29, 0.717) is 16.2 Å². The summed E-state index contributed by atoms with van der Waals surface area (Å²) in [6, 6.07) is 5.16. The van der Waals surface area contributed by atoms with E-state index in [2.05, 4.69) is 9.71 Å². The predicted octanol–water partition coefficient (Wildman–Crippen LogP) is 2.62. The van der Waals surface area contributed by atoms with E-state index < -0.39 is 16.0 Å². The van der Waals surface area contributed by atoms with Crippen molar-refractivity contribution >= 4 is 70.4 Å². The third-order valence-corrected chi connectivity index (χ3v) is 7.89. The molecule has 3 rings (SSSR count). The van der Waals surface area contributed by atoms with Crippen molar-refractivity contribution in [3.8, 4) is 0 Å². The van der Waals surface area contributed by atoms with Gasteiger partial charge in [0.15, 0.2) is 11.7 Å². The molecule has 0 aliphatic carbocycles. The third kappa shape index (κ3) is 5.82. The van der Waals surface area contributed by atoms with Crippen molar-refractivity contribution in [2.24, 2.45) is 0 Å². The molecule has 0 unspecified atom stereocenters. The van der Waals surface area contributed by atoms with Crippen molar-refractivity contribution in [2.75, 3.05) is 38.4 Å². The van der Waals surface area contributed by atoms with Crippen LogP contribution in [0, 0.1) is 0 Å². The number of anilines is 1. The fourth-order valence-electron chi connectivity index (χ4n) is 2.31. The van der Waals surface area contributed by atoms with Gasteiger partial charge in [-0.15, -0.1) is 22.7 Å². The van der Waals surface area contributed by atoms with Crippen LogP contribution in [0.4, 0.5) is 5.13 Å². The Morgan fingerprint density at radius 2 is 1.93 bits per heavy atom. The van der Waals surface area contributed by atoms with Gasteiger partial charge in [-0.2, -0.15) is 0 Å². The minimum Gasteiger partial charge on any atom is -0.453 e. The quantitative estimate of drug-likeness (QED) is 0.376. The molecular weight excluding hydrogens is 454 g/mol. The maximum Gasteiger partial charge on any atom is 0.348 e. The Kier molecular flexibility index (Phi) is 6.69. The van der Waals surface area contributed by atoms with Crippen LogP contribution in [0.1, 0.15) is 24.2 Å². The van der Waals surface area contributed by atoms with Gasteiger partial charge in [-0.1, -0.05) is 11.3 Å². The second kappa shape index (κ2) is 8.88. The lowest BCUT2D eigenvalue weighted by molar-refractivity contribution is 0.0481. The van der Waals surface area contributed by atoms with Crippen LogP contribution in [-0.4, -0.2) is 58.7 Å². The average Bonchev–Trinajstić information content (AvgIpc) is 3.32. The van der Waals surface area contributed by atoms with Crippen LogP contribution in [0.5, 0.6) is 0 Å². The smallest absolute Gasteiger partial charge is 0.348 e. The normalized spacial score (nSPS) is 11.7. The second-order valence-corrected chi connectivity index (χ2v) is 11.4. The largest absolute Gasteiger partial charge is 0.453 e. The molecule has 0 atom stereocenters. The van der Waals surface area contributed by atoms with Gasteiger partial charge in [-0.3, -0.25) is 4.79 Å². The highest BCUT2D eigenvalue weighted by Crippen LogP contribution is 2.34. The van der Waals surface area contributed by atoms with Gasteiger partial charge in [0, 0.05) is 25.5 Å². The number of thiophene rings is 2. The van der Waals surface area contributed by atoms with Crippen LogP contribution in [0.15, 0.2) is 18.2 Å². The van der Waals surface area contributed by atoms with Crippen LogP contribution in [0.2, 0.25) is 0 Å². The number of ether oxygens (including phenoxy) is 1. The third-order valence-electron chi connectivity index (χ3n) is 3.67. The van der Waals surface area contributed by atoms with Gasteiger partial charge in [0.05, 0.1) is 15.8 Å². The molecule has 29 heavy (non-hydrogen) atoms. The number of hydrogen-bond donors (Lipinski definition) is 1. The molecule has 0 radical (unpaired) electrons. The van der Waals surface area contributed by atoms with Gasteiger partial charge in [0.25, 0.3) is 0 Å². The second-order valence-electron chi connectivity index (χ2n) is 6.35. The number of aromatic nitrogens is 1. The van der Waals surface area contributed by atoms with Gasteiger partial charge >= 0.3 is 5.97 Å². The summed E-state index contributed by atoms with van der Waals surface area (Å²) >= 11 is 3.99. The first kappa shape index (κ1) is 21.8. The highest BCUT2D eigenvalue weighted by atomic mass is 32.2. The van der Waals surface area contributed by atoms with Crippen LogP contribution in [0.3, 0.4) is 0 Å². The van der Waals surface area contributed by atoms with E-state index in [9.17, 15) is 18.0 Å². The minimum atomic E-state index is -3.24. The Balaban J connectivity index is 1.53. The zero-order valence-corrected chi connectivity index (χ0v) is 19.2. The van der Waals surface area contributed by atoms with Crippen molar-refractivity contribution < 1.29 is 22.7 Å². The minimum absolute atomic E-state index is 0.265.